The Morgan fingerprint density at radius 3 is 2.42 bits per heavy atom. The van der Waals surface area contributed by atoms with Crippen molar-refractivity contribution in [2.24, 2.45) is 0 Å². The molecule has 0 unspecified atom stereocenters. The molecule has 0 amide bonds. The number of halogens is 4. The quantitative estimate of drug-likeness (QED) is 0.604. The zero-order valence-electron chi connectivity index (χ0n) is 13.4. The number of nitrogens with zero attached hydrogens (tertiary/aromatic N) is 2. The molecule has 3 aromatic rings. The van der Waals surface area contributed by atoms with Crippen LogP contribution in [-0.4, -0.2) is 17.1 Å². The van der Waals surface area contributed by atoms with Crippen LogP contribution in [0.1, 0.15) is 5.69 Å². The first-order chi connectivity index (χ1) is 12.4. The highest BCUT2D eigenvalue weighted by molar-refractivity contribution is 5.74. The summed E-state index contributed by atoms with van der Waals surface area (Å²) in [5.41, 5.74) is -0.211. The van der Waals surface area contributed by atoms with Gasteiger partial charge >= 0.3 is 6.18 Å². The van der Waals surface area contributed by atoms with Crippen LogP contribution in [0.3, 0.4) is 0 Å². The summed E-state index contributed by atoms with van der Waals surface area (Å²) in [6.45, 7) is 0. The van der Waals surface area contributed by atoms with E-state index >= 15 is 0 Å². The van der Waals surface area contributed by atoms with Gasteiger partial charge in [-0.25, -0.2) is 14.4 Å². The summed E-state index contributed by atoms with van der Waals surface area (Å²) in [4.78, 5) is 7.41. The van der Waals surface area contributed by atoms with Gasteiger partial charge in [-0.1, -0.05) is 0 Å². The first kappa shape index (κ1) is 17.7. The van der Waals surface area contributed by atoms with E-state index in [4.69, 9.17) is 9.47 Å². The van der Waals surface area contributed by atoms with Crippen LogP contribution in [-0.2, 0) is 6.18 Å². The van der Waals surface area contributed by atoms with Gasteiger partial charge in [0.1, 0.15) is 23.0 Å². The van der Waals surface area contributed by atoms with E-state index in [0.717, 1.165) is 18.3 Å². The van der Waals surface area contributed by atoms with Crippen molar-refractivity contribution >= 4 is 0 Å². The molecule has 8 heteroatoms. The number of hydrogen-bond donors (Lipinski definition) is 0. The maximum absolute atomic E-state index is 13.7. The largest absolute Gasteiger partial charge is 0.496 e. The molecule has 0 saturated heterocycles. The van der Waals surface area contributed by atoms with E-state index in [1.54, 1.807) is 12.1 Å². The molecule has 0 aliphatic heterocycles. The molecule has 0 atom stereocenters. The summed E-state index contributed by atoms with van der Waals surface area (Å²) < 4.78 is 62.2. The maximum atomic E-state index is 13.7. The summed E-state index contributed by atoms with van der Waals surface area (Å²) in [6, 6.07) is 9.17. The van der Waals surface area contributed by atoms with Crippen molar-refractivity contribution in [1.82, 2.24) is 9.97 Å². The van der Waals surface area contributed by atoms with E-state index in [1.807, 2.05) is 0 Å². The average molecular weight is 364 g/mol. The molecule has 0 N–H and O–H groups in total. The lowest BCUT2D eigenvalue weighted by Gasteiger charge is -2.13. The van der Waals surface area contributed by atoms with E-state index < -0.39 is 17.7 Å². The molecule has 4 nitrogen and oxygen atoms in total. The topological polar surface area (TPSA) is 44.2 Å². The van der Waals surface area contributed by atoms with Crippen molar-refractivity contribution in [3.05, 3.63) is 66.4 Å². The Hall–Kier alpha value is -3.16. The van der Waals surface area contributed by atoms with Gasteiger partial charge in [-0.05, 0) is 42.5 Å². The summed E-state index contributed by atoms with van der Waals surface area (Å²) in [5.74, 6) is 0.0628. The van der Waals surface area contributed by atoms with Crippen LogP contribution in [0, 0.1) is 5.82 Å². The van der Waals surface area contributed by atoms with E-state index in [1.165, 1.54) is 31.5 Å². The van der Waals surface area contributed by atoms with Gasteiger partial charge in [-0.15, -0.1) is 0 Å². The van der Waals surface area contributed by atoms with Crippen molar-refractivity contribution in [3.63, 3.8) is 0 Å². The number of ether oxygens (including phenoxy) is 2. The van der Waals surface area contributed by atoms with Crippen LogP contribution in [0.4, 0.5) is 17.6 Å². The SMILES string of the molecule is COc1ccc(F)cc1-c1cccnc1Oc1ccc(C(F)(F)F)nc1. The molecule has 0 radical (unpaired) electrons. The Morgan fingerprint density at radius 2 is 1.77 bits per heavy atom. The number of benzene rings is 1. The molecule has 0 spiro atoms. The van der Waals surface area contributed by atoms with Gasteiger partial charge in [0, 0.05) is 17.3 Å². The fourth-order valence-electron chi connectivity index (χ4n) is 2.29. The number of methoxy groups -OCH3 is 1. The normalized spacial score (nSPS) is 11.3. The monoisotopic (exact) mass is 364 g/mol. The lowest BCUT2D eigenvalue weighted by molar-refractivity contribution is -0.141. The fraction of sp³-hybridized carbons (Fsp3) is 0.111. The minimum atomic E-state index is -4.54. The van der Waals surface area contributed by atoms with E-state index in [0.29, 0.717) is 16.9 Å². The van der Waals surface area contributed by atoms with Crippen molar-refractivity contribution in [2.75, 3.05) is 7.11 Å². The second kappa shape index (κ2) is 6.99. The smallest absolute Gasteiger partial charge is 0.433 e. The van der Waals surface area contributed by atoms with Gasteiger partial charge in [-0.3, -0.25) is 0 Å². The third-order valence-corrected chi connectivity index (χ3v) is 3.46. The minimum absolute atomic E-state index is 0.0633. The molecule has 0 aliphatic rings. The molecular formula is C18H12F4N2O2. The summed E-state index contributed by atoms with van der Waals surface area (Å²) in [5, 5.41) is 0. The Labute approximate surface area is 146 Å². The lowest BCUT2D eigenvalue weighted by Crippen LogP contribution is -2.07. The highest BCUT2D eigenvalue weighted by Gasteiger charge is 2.32. The molecular weight excluding hydrogens is 352 g/mol. The van der Waals surface area contributed by atoms with Crippen LogP contribution in [0.2, 0.25) is 0 Å². The van der Waals surface area contributed by atoms with Crippen LogP contribution >= 0.6 is 0 Å². The van der Waals surface area contributed by atoms with E-state index in [9.17, 15) is 17.6 Å². The first-order valence-electron chi connectivity index (χ1n) is 7.38. The lowest BCUT2D eigenvalue weighted by atomic mass is 10.1. The summed E-state index contributed by atoms with van der Waals surface area (Å²) in [6.07, 6.45) is -2.14. The standard InChI is InChI=1S/C18H12F4N2O2/c1-25-15-6-4-11(19)9-14(15)13-3-2-8-23-17(13)26-12-5-7-16(24-10-12)18(20,21)22/h2-10H,1H3. The van der Waals surface area contributed by atoms with Crippen LogP contribution in [0.25, 0.3) is 11.1 Å². The Balaban J connectivity index is 1.97. The maximum Gasteiger partial charge on any atom is 0.433 e. The molecule has 1 aromatic carbocycles. The molecule has 134 valence electrons. The number of pyridine rings is 2. The number of rotatable bonds is 4. The Bertz CT molecular complexity index is 912. The molecule has 0 bridgehead atoms. The molecule has 0 fully saturated rings. The highest BCUT2D eigenvalue weighted by atomic mass is 19.4. The summed E-state index contributed by atoms with van der Waals surface area (Å²) in [7, 11) is 1.44. The predicted octanol–water partition coefficient (Wildman–Crippen LogP) is 5.10. The van der Waals surface area contributed by atoms with E-state index in [-0.39, 0.29) is 11.6 Å². The Kier molecular flexibility index (Phi) is 4.75. The highest BCUT2D eigenvalue weighted by Crippen LogP contribution is 2.37. The third kappa shape index (κ3) is 3.74. The van der Waals surface area contributed by atoms with Gasteiger partial charge < -0.3 is 9.47 Å². The van der Waals surface area contributed by atoms with Gasteiger partial charge in [0.2, 0.25) is 5.88 Å². The van der Waals surface area contributed by atoms with Crippen molar-refractivity contribution in [2.45, 2.75) is 6.18 Å². The molecule has 3 rings (SSSR count). The predicted molar refractivity (Wildman–Crippen MR) is 85.5 cm³/mol. The molecule has 2 aromatic heterocycles. The first-order valence-corrected chi connectivity index (χ1v) is 7.38. The van der Waals surface area contributed by atoms with Gasteiger partial charge in [0.25, 0.3) is 0 Å². The van der Waals surface area contributed by atoms with Crippen molar-refractivity contribution in [3.8, 4) is 28.5 Å². The molecule has 0 saturated carbocycles. The number of alkyl halides is 3. The average Bonchev–Trinajstić information content (AvgIpc) is 2.62. The Morgan fingerprint density at radius 1 is 0.962 bits per heavy atom. The zero-order valence-corrected chi connectivity index (χ0v) is 13.4. The van der Waals surface area contributed by atoms with Crippen LogP contribution in [0.5, 0.6) is 17.4 Å². The second-order valence-electron chi connectivity index (χ2n) is 5.18. The van der Waals surface area contributed by atoms with Crippen LogP contribution < -0.4 is 9.47 Å². The van der Waals surface area contributed by atoms with Gasteiger partial charge in [0.15, 0.2) is 0 Å². The second-order valence-corrected chi connectivity index (χ2v) is 5.18. The summed E-state index contributed by atoms with van der Waals surface area (Å²) >= 11 is 0. The van der Waals surface area contributed by atoms with Crippen molar-refractivity contribution in [1.29, 1.82) is 0 Å². The zero-order chi connectivity index (χ0) is 18.7. The molecule has 0 aliphatic carbocycles. The van der Waals surface area contributed by atoms with E-state index in [2.05, 4.69) is 9.97 Å². The van der Waals surface area contributed by atoms with Crippen LogP contribution in [0.15, 0.2) is 54.9 Å². The van der Waals surface area contributed by atoms with Gasteiger partial charge in [0.05, 0.1) is 13.3 Å². The number of aromatic nitrogens is 2. The molecule has 26 heavy (non-hydrogen) atoms. The van der Waals surface area contributed by atoms with Gasteiger partial charge in [-0.2, -0.15) is 13.2 Å². The fourth-order valence-corrected chi connectivity index (χ4v) is 2.29. The number of hydrogen-bond acceptors (Lipinski definition) is 4. The van der Waals surface area contributed by atoms with Crippen molar-refractivity contribution < 1.29 is 27.0 Å². The minimum Gasteiger partial charge on any atom is -0.496 e. The third-order valence-electron chi connectivity index (χ3n) is 3.46. The molecule has 2 heterocycles.